The molecule has 4 nitrogen and oxygen atoms in total. The SMILES string of the molecule is COC(=O)c1ccc(CN2CCCC2CC(C)O)cc1. The van der Waals surface area contributed by atoms with Gasteiger partial charge in [-0.25, -0.2) is 4.79 Å². The average molecular weight is 277 g/mol. The first-order valence-corrected chi connectivity index (χ1v) is 7.19. The summed E-state index contributed by atoms with van der Waals surface area (Å²) in [6.45, 7) is 3.80. The predicted octanol–water partition coefficient (Wildman–Crippen LogP) is 2.21. The summed E-state index contributed by atoms with van der Waals surface area (Å²) in [5.74, 6) is -0.301. The molecule has 0 amide bonds. The Morgan fingerprint density at radius 3 is 2.75 bits per heavy atom. The fourth-order valence-corrected chi connectivity index (χ4v) is 2.86. The van der Waals surface area contributed by atoms with Crippen LogP contribution in [0.5, 0.6) is 0 Å². The summed E-state index contributed by atoms with van der Waals surface area (Å²) in [4.78, 5) is 13.8. The number of aliphatic hydroxyl groups excluding tert-OH is 1. The quantitative estimate of drug-likeness (QED) is 0.838. The van der Waals surface area contributed by atoms with Gasteiger partial charge in [-0.15, -0.1) is 0 Å². The Morgan fingerprint density at radius 2 is 2.15 bits per heavy atom. The molecule has 0 aromatic heterocycles. The first-order valence-electron chi connectivity index (χ1n) is 7.19. The van der Waals surface area contributed by atoms with Gasteiger partial charge in [0.05, 0.1) is 18.8 Å². The van der Waals surface area contributed by atoms with Crippen molar-refractivity contribution in [3.63, 3.8) is 0 Å². The molecule has 4 heteroatoms. The van der Waals surface area contributed by atoms with Gasteiger partial charge >= 0.3 is 5.97 Å². The lowest BCUT2D eigenvalue weighted by Gasteiger charge is -2.25. The number of methoxy groups -OCH3 is 1. The zero-order chi connectivity index (χ0) is 14.5. The fraction of sp³-hybridized carbons (Fsp3) is 0.562. The molecule has 2 unspecified atom stereocenters. The monoisotopic (exact) mass is 277 g/mol. The smallest absolute Gasteiger partial charge is 0.337 e. The number of likely N-dealkylation sites (tertiary alicyclic amines) is 1. The van der Waals surface area contributed by atoms with Crippen LogP contribution in [0.3, 0.4) is 0 Å². The number of ether oxygens (including phenoxy) is 1. The Hall–Kier alpha value is -1.39. The van der Waals surface area contributed by atoms with Crippen LogP contribution in [0.2, 0.25) is 0 Å². The van der Waals surface area contributed by atoms with Gasteiger partial charge in [0, 0.05) is 12.6 Å². The van der Waals surface area contributed by atoms with Crippen molar-refractivity contribution in [2.45, 2.75) is 44.9 Å². The van der Waals surface area contributed by atoms with Crippen molar-refractivity contribution >= 4 is 5.97 Å². The van der Waals surface area contributed by atoms with Crippen LogP contribution < -0.4 is 0 Å². The van der Waals surface area contributed by atoms with Crippen molar-refractivity contribution in [1.29, 1.82) is 0 Å². The van der Waals surface area contributed by atoms with E-state index in [0.29, 0.717) is 11.6 Å². The summed E-state index contributed by atoms with van der Waals surface area (Å²) in [6.07, 6.45) is 2.94. The number of benzene rings is 1. The van der Waals surface area contributed by atoms with Crippen LogP contribution >= 0.6 is 0 Å². The van der Waals surface area contributed by atoms with E-state index in [1.54, 1.807) is 12.1 Å². The molecule has 1 saturated heterocycles. The molecule has 0 bridgehead atoms. The van der Waals surface area contributed by atoms with Gasteiger partial charge in [-0.05, 0) is 50.4 Å². The van der Waals surface area contributed by atoms with Crippen LogP contribution in [0.25, 0.3) is 0 Å². The lowest BCUT2D eigenvalue weighted by atomic mass is 10.1. The molecule has 1 aromatic rings. The van der Waals surface area contributed by atoms with Crippen molar-refractivity contribution in [3.8, 4) is 0 Å². The number of hydrogen-bond donors (Lipinski definition) is 1. The van der Waals surface area contributed by atoms with Gasteiger partial charge in [0.15, 0.2) is 0 Å². The Balaban J connectivity index is 1.97. The van der Waals surface area contributed by atoms with Crippen LogP contribution in [-0.2, 0) is 11.3 Å². The number of aliphatic hydroxyl groups is 1. The summed E-state index contributed by atoms with van der Waals surface area (Å²) in [5, 5.41) is 9.54. The molecule has 110 valence electrons. The zero-order valence-electron chi connectivity index (χ0n) is 12.2. The first kappa shape index (κ1) is 15.0. The number of carbonyl (C=O) groups is 1. The summed E-state index contributed by atoms with van der Waals surface area (Å²) < 4.78 is 4.69. The van der Waals surface area contributed by atoms with Crippen molar-refractivity contribution < 1.29 is 14.6 Å². The highest BCUT2D eigenvalue weighted by molar-refractivity contribution is 5.89. The Bertz CT molecular complexity index is 442. The maximum absolute atomic E-state index is 11.4. The van der Waals surface area contributed by atoms with Crippen molar-refractivity contribution in [3.05, 3.63) is 35.4 Å². The predicted molar refractivity (Wildman–Crippen MR) is 77.5 cm³/mol. The molecule has 0 spiro atoms. The van der Waals surface area contributed by atoms with Gasteiger partial charge in [-0.2, -0.15) is 0 Å². The number of nitrogens with zero attached hydrogens (tertiary/aromatic N) is 1. The molecule has 1 fully saturated rings. The molecule has 2 atom stereocenters. The van der Waals surface area contributed by atoms with Crippen LogP contribution in [0.4, 0.5) is 0 Å². The Kier molecular flexibility index (Phi) is 5.15. The lowest BCUT2D eigenvalue weighted by Crippen LogP contribution is -2.31. The molecule has 0 aliphatic carbocycles. The van der Waals surface area contributed by atoms with E-state index >= 15 is 0 Å². The molecule has 0 radical (unpaired) electrons. The van der Waals surface area contributed by atoms with E-state index in [2.05, 4.69) is 4.90 Å². The third-order valence-corrected chi connectivity index (χ3v) is 3.87. The van der Waals surface area contributed by atoms with Crippen LogP contribution in [-0.4, -0.2) is 41.8 Å². The van der Waals surface area contributed by atoms with E-state index in [0.717, 1.165) is 25.9 Å². The van der Waals surface area contributed by atoms with Crippen LogP contribution in [0, 0.1) is 0 Å². The fourth-order valence-electron chi connectivity index (χ4n) is 2.86. The molecule has 1 aliphatic heterocycles. The number of rotatable bonds is 5. The average Bonchev–Trinajstić information content (AvgIpc) is 2.85. The van der Waals surface area contributed by atoms with Gasteiger partial charge < -0.3 is 9.84 Å². The Labute approximate surface area is 120 Å². The van der Waals surface area contributed by atoms with E-state index < -0.39 is 0 Å². The summed E-state index contributed by atoms with van der Waals surface area (Å²) in [6, 6.07) is 8.03. The highest BCUT2D eigenvalue weighted by Crippen LogP contribution is 2.23. The van der Waals surface area contributed by atoms with Gasteiger partial charge in [-0.3, -0.25) is 4.90 Å². The van der Waals surface area contributed by atoms with E-state index in [9.17, 15) is 9.90 Å². The lowest BCUT2D eigenvalue weighted by molar-refractivity contribution is 0.0600. The van der Waals surface area contributed by atoms with Crippen LogP contribution in [0.15, 0.2) is 24.3 Å². The van der Waals surface area contributed by atoms with Crippen molar-refractivity contribution in [2.24, 2.45) is 0 Å². The van der Waals surface area contributed by atoms with Crippen molar-refractivity contribution in [1.82, 2.24) is 4.90 Å². The maximum atomic E-state index is 11.4. The second kappa shape index (κ2) is 6.86. The summed E-state index contributed by atoms with van der Waals surface area (Å²) >= 11 is 0. The molecule has 0 saturated carbocycles. The molecule has 1 aliphatic rings. The highest BCUT2D eigenvalue weighted by atomic mass is 16.5. The topological polar surface area (TPSA) is 49.8 Å². The second-order valence-electron chi connectivity index (χ2n) is 5.54. The third kappa shape index (κ3) is 3.81. The second-order valence-corrected chi connectivity index (χ2v) is 5.54. The highest BCUT2D eigenvalue weighted by Gasteiger charge is 2.25. The minimum atomic E-state index is -0.301. The Morgan fingerprint density at radius 1 is 1.45 bits per heavy atom. The number of carbonyl (C=O) groups excluding carboxylic acids is 1. The molecule has 1 heterocycles. The molecular weight excluding hydrogens is 254 g/mol. The number of esters is 1. The van der Waals surface area contributed by atoms with Gasteiger partial charge in [0.25, 0.3) is 0 Å². The largest absolute Gasteiger partial charge is 0.465 e. The minimum absolute atomic E-state index is 0.248. The van der Waals surface area contributed by atoms with E-state index in [-0.39, 0.29) is 12.1 Å². The maximum Gasteiger partial charge on any atom is 0.337 e. The molecule has 1 aromatic carbocycles. The van der Waals surface area contributed by atoms with E-state index in [1.807, 2.05) is 19.1 Å². The van der Waals surface area contributed by atoms with Crippen molar-refractivity contribution in [2.75, 3.05) is 13.7 Å². The van der Waals surface area contributed by atoms with E-state index in [4.69, 9.17) is 4.74 Å². The van der Waals surface area contributed by atoms with Gasteiger partial charge in [-0.1, -0.05) is 12.1 Å². The van der Waals surface area contributed by atoms with Crippen LogP contribution in [0.1, 0.15) is 42.1 Å². The normalized spacial score (nSPS) is 20.9. The molecule has 2 rings (SSSR count). The summed E-state index contributed by atoms with van der Waals surface area (Å²) in [7, 11) is 1.39. The molecule has 20 heavy (non-hydrogen) atoms. The molecular formula is C16H23NO3. The standard InChI is InChI=1S/C16H23NO3/c1-12(18)10-15-4-3-9-17(15)11-13-5-7-14(8-6-13)16(19)20-2/h5-8,12,15,18H,3-4,9-11H2,1-2H3. The molecule has 1 N–H and O–H groups in total. The van der Waals surface area contributed by atoms with Gasteiger partial charge in [0.2, 0.25) is 0 Å². The van der Waals surface area contributed by atoms with E-state index in [1.165, 1.54) is 19.1 Å². The number of hydrogen-bond acceptors (Lipinski definition) is 4. The summed E-state index contributed by atoms with van der Waals surface area (Å²) in [5.41, 5.74) is 1.77. The first-order chi connectivity index (χ1) is 9.60. The minimum Gasteiger partial charge on any atom is -0.465 e. The van der Waals surface area contributed by atoms with Gasteiger partial charge in [0.1, 0.15) is 0 Å². The third-order valence-electron chi connectivity index (χ3n) is 3.87. The zero-order valence-corrected chi connectivity index (χ0v) is 12.2.